The minimum atomic E-state index is -0.833. The van der Waals surface area contributed by atoms with Gasteiger partial charge in [0.1, 0.15) is 0 Å². The van der Waals surface area contributed by atoms with E-state index in [1.807, 2.05) is 0 Å². The Morgan fingerprint density at radius 3 is 0.737 bits per heavy atom. The van der Waals surface area contributed by atoms with Crippen molar-refractivity contribution in [1.29, 1.82) is 0 Å². The van der Waals surface area contributed by atoms with Crippen molar-refractivity contribution in [2.45, 2.75) is 20.8 Å². The van der Waals surface area contributed by atoms with Gasteiger partial charge in [-0.15, -0.1) is 0 Å². The Morgan fingerprint density at radius 1 is 0.684 bits per heavy atom. The summed E-state index contributed by atoms with van der Waals surface area (Å²) in [5.41, 5.74) is 9.81. The molecule has 7 N–H and O–H groups in total. The van der Waals surface area contributed by atoms with Crippen molar-refractivity contribution in [1.82, 2.24) is 0 Å². The number of hydrogen-bond acceptors (Lipinski definition) is 5. The van der Waals surface area contributed by atoms with Crippen LogP contribution in [-0.2, 0) is 14.4 Å². The van der Waals surface area contributed by atoms with Crippen LogP contribution < -0.4 is 11.5 Å². The van der Waals surface area contributed by atoms with Gasteiger partial charge in [-0.1, -0.05) is 0 Å². The van der Waals surface area contributed by atoms with Gasteiger partial charge in [-0.2, -0.15) is 0 Å². The van der Waals surface area contributed by atoms with Gasteiger partial charge in [-0.25, -0.2) is 0 Å². The first-order chi connectivity index (χ1) is 7.11. The number of rotatable bonds is 1. The van der Waals surface area contributed by atoms with Crippen LogP contribution in [0.15, 0.2) is 0 Å². The van der Waals surface area contributed by atoms with Crippen molar-refractivity contribution < 1.29 is 29.7 Å². The minimum absolute atomic E-state index is 0. The van der Waals surface area contributed by atoms with Crippen molar-refractivity contribution in [3.8, 4) is 0 Å². The second-order valence-corrected chi connectivity index (χ2v) is 2.13. The standard InChI is InChI=1S/C2H8N2.3C2H4O2.3Na/c3-1-2-4;3*1-2(3)4;;;/h1-4H2;3*1H3,(H,3,4);;;. The zero-order valence-electron chi connectivity index (χ0n) is 12.6. The van der Waals surface area contributed by atoms with Gasteiger partial charge in [-0.3, -0.25) is 14.4 Å². The van der Waals surface area contributed by atoms with Crippen LogP contribution in [-0.4, -0.2) is 135 Å². The molecule has 0 atom stereocenters. The number of carboxylic acid groups (broad SMARTS) is 3. The second kappa shape index (κ2) is 42.7. The zero-order valence-corrected chi connectivity index (χ0v) is 18.6. The fourth-order valence-electron chi connectivity index (χ4n) is 0. The van der Waals surface area contributed by atoms with Gasteiger partial charge in [0, 0.05) is 123 Å². The Labute approximate surface area is 179 Å². The van der Waals surface area contributed by atoms with Crippen LogP contribution >= 0.6 is 0 Å². The summed E-state index contributed by atoms with van der Waals surface area (Å²) >= 11 is 0. The Morgan fingerprint density at radius 2 is 0.737 bits per heavy atom. The van der Waals surface area contributed by atoms with E-state index in [1.54, 1.807) is 0 Å². The largest absolute Gasteiger partial charge is 0.481 e. The molecule has 0 rings (SSSR count). The molecule has 0 unspecified atom stereocenters. The van der Waals surface area contributed by atoms with Gasteiger partial charge in [-0.05, 0) is 0 Å². The topological polar surface area (TPSA) is 164 Å². The molecule has 0 aromatic carbocycles. The molecule has 0 bridgehead atoms. The Hall–Kier alpha value is 1.33. The van der Waals surface area contributed by atoms with Gasteiger partial charge < -0.3 is 26.8 Å². The van der Waals surface area contributed by atoms with E-state index in [4.69, 9.17) is 41.2 Å². The van der Waals surface area contributed by atoms with Gasteiger partial charge in [0.05, 0.1) is 0 Å². The van der Waals surface area contributed by atoms with E-state index in [9.17, 15) is 0 Å². The number of aliphatic carboxylic acids is 3. The normalized spacial score (nSPS) is 5.53. The molecule has 101 valence electrons. The minimum Gasteiger partial charge on any atom is -0.481 e. The Balaban J connectivity index is -0.0000000192. The van der Waals surface area contributed by atoms with E-state index >= 15 is 0 Å². The van der Waals surface area contributed by atoms with E-state index in [1.165, 1.54) is 0 Å². The molecule has 0 fully saturated rings. The maximum atomic E-state index is 9.00. The summed E-state index contributed by atoms with van der Waals surface area (Å²) in [7, 11) is 0. The third kappa shape index (κ3) is 1070. The maximum Gasteiger partial charge on any atom is 0.300 e. The quantitative estimate of drug-likeness (QED) is 0.348. The average molecular weight is 309 g/mol. The third-order valence-corrected chi connectivity index (χ3v) is 0.167. The van der Waals surface area contributed by atoms with Gasteiger partial charge in [0.25, 0.3) is 17.9 Å². The van der Waals surface area contributed by atoms with Crippen molar-refractivity contribution in [2.75, 3.05) is 13.1 Å². The fraction of sp³-hybridized carbons (Fsp3) is 0.625. The van der Waals surface area contributed by atoms with E-state index in [2.05, 4.69) is 0 Å². The molecule has 0 saturated heterocycles. The molecule has 0 aliphatic heterocycles. The van der Waals surface area contributed by atoms with Crippen LogP contribution in [0.2, 0.25) is 0 Å². The summed E-state index contributed by atoms with van der Waals surface area (Å²) in [5.74, 6) is -2.50. The van der Waals surface area contributed by atoms with E-state index in [0.717, 1.165) is 20.8 Å². The van der Waals surface area contributed by atoms with Crippen LogP contribution in [0, 0.1) is 0 Å². The number of carbonyl (C=O) groups is 3. The molecule has 0 spiro atoms. The van der Waals surface area contributed by atoms with Crippen LogP contribution in [0.5, 0.6) is 0 Å². The molecule has 8 nitrogen and oxygen atoms in total. The molecule has 19 heavy (non-hydrogen) atoms. The molecule has 0 aromatic heterocycles. The summed E-state index contributed by atoms with van der Waals surface area (Å²) < 4.78 is 0. The molecule has 11 heteroatoms. The molecule has 0 aliphatic rings. The number of hydrogen-bond donors (Lipinski definition) is 5. The van der Waals surface area contributed by atoms with Crippen molar-refractivity contribution in [3.05, 3.63) is 0 Å². The Bertz CT molecular complexity index is 153. The molecule has 0 amide bonds. The molecule has 0 aromatic rings. The molecule has 0 saturated carbocycles. The predicted octanol–water partition coefficient (Wildman–Crippen LogP) is -1.97. The summed E-state index contributed by atoms with van der Waals surface area (Å²) in [6.07, 6.45) is 0. The number of nitrogens with two attached hydrogens (primary N) is 2. The fourth-order valence-corrected chi connectivity index (χ4v) is 0. The van der Waals surface area contributed by atoms with Crippen molar-refractivity contribution >= 4 is 107 Å². The van der Waals surface area contributed by atoms with Crippen LogP contribution in [0.4, 0.5) is 0 Å². The predicted molar refractivity (Wildman–Crippen MR) is 75.3 cm³/mol. The van der Waals surface area contributed by atoms with Crippen LogP contribution in [0.1, 0.15) is 20.8 Å². The van der Waals surface area contributed by atoms with E-state index in [-0.39, 0.29) is 88.7 Å². The monoisotopic (exact) mass is 309 g/mol. The van der Waals surface area contributed by atoms with E-state index in [0.29, 0.717) is 13.1 Å². The first kappa shape index (κ1) is 42.8. The SMILES string of the molecule is CC(=O)O.CC(=O)O.CC(=O)O.NCCN.[Na].[Na].[Na]. The second-order valence-electron chi connectivity index (χ2n) is 2.13. The average Bonchev–Trinajstić information content (AvgIpc) is 2.00. The molecular formula is C8H20N2Na3O6. The number of carboxylic acids is 3. The summed E-state index contributed by atoms with van der Waals surface area (Å²) in [5, 5.41) is 22.2. The van der Waals surface area contributed by atoms with Crippen LogP contribution in [0.25, 0.3) is 0 Å². The molecule has 3 radical (unpaired) electrons. The third-order valence-electron chi connectivity index (χ3n) is 0.167. The summed E-state index contributed by atoms with van der Waals surface area (Å²) in [6, 6.07) is 0. The van der Waals surface area contributed by atoms with Gasteiger partial charge >= 0.3 is 0 Å². The smallest absolute Gasteiger partial charge is 0.300 e. The van der Waals surface area contributed by atoms with Gasteiger partial charge in [0.15, 0.2) is 0 Å². The zero-order chi connectivity index (χ0) is 14.1. The molecular weight excluding hydrogens is 289 g/mol. The van der Waals surface area contributed by atoms with E-state index < -0.39 is 17.9 Å². The van der Waals surface area contributed by atoms with Crippen LogP contribution in [0.3, 0.4) is 0 Å². The maximum absolute atomic E-state index is 9.00. The summed E-state index contributed by atoms with van der Waals surface area (Å²) in [6.45, 7) is 4.44. The van der Waals surface area contributed by atoms with Crippen molar-refractivity contribution in [2.24, 2.45) is 11.5 Å². The first-order valence-corrected chi connectivity index (χ1v) is 4.10. The summed E-state index contributed by atoms with van der Waals surface area (Å²) in [4.78, 5) is 27.0. The van der Waals surface area contributed by atoms with Gasteiger partial charge in [0.2, 0.25) is 0 Å². The van der Waals surface area contributed by atoms with Crippen molar-refractivity contribution in [3.63, 3.8) is 0 Å². The molecule has 0 heterocycles. The molecule has 0 aliphatic carbocycles. The first-order valence-electron chi connectivity index (χ1n) is 4.10. The Kier molecular flexibility index (Phi) is 96.1.